The van der Waals surface area contributed by atoms with Gasteiger partial charge in [-0.1, -0.05) is 26.0 Å². The number of nitrogens with one attached hydrogen (secondary N) is 1. The highest BCUT2D eigenvalue weighted by atomic mass is 32.2. The van der Waals surface area contributed by atoms with Crippen molar-refractivity contribution in [2.75, 3.05) is 6.61 Å². The largest absolute Gasteiger partial charge is 0.394 e. The molecular weight excluding hydrogens is 322 g/mol. The van der Waals surface area contributed by atoms with E-state index in [1.54, 1.807) is 6.20 Å². The van der Waals surface area contributed by atoms with Crippen LogP contribution in [-0.2, 0) is 4.79 Å². The van der Waals surface area contributed by atoms with Crippen LogP contribution in [0.2, 0.25) is 0 Å². The Morgan fingerprint density at radius 2 is 2.21 bits per heavy atom. The summed E-state index contributed by atoms with van der Waals surface area (Å²) in [5.41, 5.74) is 1.87. The molecule has 2 N–H and O–H groups in total. The van der Waals surface area contributed by atoms with Gasteiger partial charge in [0.2, 0.25) is 0 Å². The molecule has 1 aromatic carbocycles. The van der Waals surface area contributed by atoms with E-state index < -0.39 is 0 Å². The third-order valence-electron chi connectivity index (χ3n) is 3.82. The summed E-state index contributed by atoms with van der Waals surface area (Å²) in [4.78, 5) is 21.5. The summed E-state index contributed by atoms with van der Waals surface area (Å²) in [6, 6.07) is 9.56. The Bertz CT molecular complexity index is 830. The van der Waals surface area contributed by atoms with Crippen LogP contribution in [0.4, 0.5) is 0 Å². The molecule has 2 heterocycles. The maximum absolute atomic E-state index is 12.1. The Morgan fingerprint density at radius 1 is 1.38 bits per heavy atom. The lowest BCUT2D eigenvalue weighted by Crippen LogP contribution is -2.25. The highest BCUT2D eigenvalue weighted by Crippen LogP contribution is 2.27. The van der Waals surface area contributed by atoms with Crippen LogP contribution in [0, 0.1) is 5.92 Å². The molecule has 5 nitrogen and oxygen atoms in total. The smallest absolute Gasteiger partial charge is 0.264 e. The third kappa shape index (κ3) is 3.66. The second-order valence-corrected chi connectivity index (χ2v) is 6.98. The monoisotopic (exact) mass is 341 g/mol. The highest BCUT2D eigenvalue weighted by Gasteiger charge is 2.25. The number of rotatable bonds is 4. The van der Waals surface area contributed by atoms with E-state index in [1.807, 2.05) is 50.3 Å². The van der Waals surface area contributed by atoms with Gasteiger partial charge in [-0.05, 0) is 47.5 Å². The molecule has 0 aliphatic carbocycles. The van der Waals surface area contributed by atoms with E-state index in [0.29, 0.717) is 10.1 Å². The van der Waals surface area contributed by atoms with E-state index in [2.05, 4.69) is 15.3 Å². The topological polar surface area (TPSA) is 74.6 Å². The quantitative estimate of drug-likeness (QED) is 0.839. The molecule has 0 saturated carbocycles. The summed E-state index contributed by atoms with van der Waals surface area (Å²) < 4.78 is 0. The number of pyridine rings is 1. The predicted octanol–water partition coefficient (Wildman–Crippen LogP) is 2.81. The number of nitrogens with zero attached hydrogens (tertiary/aromatic N) is 2. The molecule has 0 bridgehead atoms. The standard InChI is InChI=1S/C18H19N3O2S/c1-11(2)15(10-22)20-18-21-17(23)16(24-18)9-12-5-6-14-13(8-12)4-3-7-19-14/h3-9,11,15,22H,10H2,1-2H3,(H,20,21,23)/b16-9-/t15-/m0/s1. The number of aliphatic hydroxyl groups excluding tert-OH is 1. The number of fused-ring (bicyclic) bond motifs is 1. The van der Waals surface area contributed by atoms with Gasteiger partial charge in [0.1, 0.15) is 0 Å². The van der Waals surface area contributed by atoms with Crippen molar-refractivity contribution in [2.24, 2.45) is 10.9 Å². The molecule has 0 radical (unpaired) electrons. The fourth-order valence-electron chi connectivity index (χ4n) is 2.37. The van der Waals surface area contributed by atoms with Gasteiger partial charge in [0, 0.05) is 11.6 Å². The van der Waals surface area contributed by atoms with Gasteiger partial charge in [0.05, 0.1) is 23.1 Å². The van der Waals surface area contributed by atoms with Crippen molar-refractivity contribution in [3.63, 3.8) is 0 Å². The third-order valence-corrected chi connectivity index (χ3v) is 4.74. The lowest BCUT2D eigenvalue weighted by molar-refractivity contribution is -0.115. The first kappa shape index (κ1) is 16.7. The van der Waals surface area contributed by atoms with Crippen LogP contribution in [-0.4, -0.2) is 33.8 Å². The molecule has 2 aromatic rings. The van der Waals surface area contributed by atoms with Crippen LogP contribution in [0.5, 0.6) is 0 Å². The number of hydrogen-bond donors (Lipinski definition) is 2. The van der Waals surface area contributed by atoms with Gasteiger partial charge in [-0.25, -0.2) is 0 Å². The normalized spacial score (nSPS) is 19.4. The van der Waals surface area contributed by atoms with Crippen LogP contribution in [0.1, 0.15) is 19.4 Å². The fourth-order valence-corrected chi connectivity index (χ4v) is 3.25. The first-order valence-electron chi connectivity index (χ1n) is 7.81. The van der Waals surface area contributed by atoms with E-state index in [1.165, 1.54) is 11.8 Å². The molecule has 124 valence electrons. The zero-order chi connectivity index (χ0) is 17.1. The number of carbonyl (C=O) groups is 1. The lowest BCUT2D eigenvalue weighted by atomic mass is 10.1. The van der Waals surface area contributed by atoms with Gasteiger partial charge >= 0.3 is 0 Å². The summed E-state index contributed by atoms with van der Waals surface area (Å²) in [7, 11) is 0. The second kappa shape index (κ2) is 7.15. The first-order valence-corrected chi connectivity index (χ1v) is 8.63. The Labute approximate surface area is 144 Å². The van der Waals surface area contributed by atoms with Gasteiger partial charge < -0.3 is 10.4 Å². The predicted molar refractivity (Wildman–Crippen MR) is 98.6 cm³/mol. The number of aromatic nitrogens is 1. The average molecular weight is 341 g/mol. The number of amides is 1. The Balaban J connectivity index is 1.84. The summed E-state index contributed by atoms with van der Waals surface area (Å²) in [6.07, 6.45) is 3.61. The van der Waals surface area contributed by atoms with Crippen molar-refractivity contribution in [1.82, 2.24) is 10.3 Å². The van der Waals surface area contributed by atoms with Gasteiger partial charge in [-0.15, -0.1) is 0 Å². The number of benzene rings is 1. The number of carbonyl (C=O) groups excluding carboxylic acids is 1. The van der Waals surface area contributed by atoms with Gasteiger partial charge in [0.25, 0.3) is 5.91 Å². The molecular formula is C18H19N3O2S. The number of amidine groups is 1. The summed E-state index contributed by atoms with van der Waals surface area (Å²) in [5.74, 6) is 0.0477. The summed E-state index contributed by atoms with van der Waals surface area (Å²) >= 11 is 1.30. The molecule has 6 heteroatoms. The van der Waals surface area contributed by atoms with Crippen molar-refractivity contribution in [3.05, 3.63) is 47.0 Å². The van der Waals surface area contributed by atoms with Crippen LogP contribution in [0.15, 0.2) is 46.4 Å². The van der Waals surface area contributed by atoms with E-state index >= 15 is 0 Å². The van der Waals surface area contributed by atoms with Crippen LogP contribution in [0.3, 0.4) is 0 Å². The van der Waals surface area contributed by atoms with E-state index in [9.17, 15) is 9.90 Å². The summed E-state index contributed by atoms with van der Waals surface area (Å²) in [5, 5.41) is 13.7. The minimum absolute atomic E-state index is 0.0334. The van der Waals surface area contributed by atoms with Crippen LogP contribution < -0.4 is 5.32 Å². The van der Waals surface area contributed by atoms with Crippen LogP contribution in [0.25, 0.3) is 17.0 Å². The molecule has 1 amide bonds. The van der Waals surface area contributed by atoms with Gasteiger partial charge in [-0.3, -0.25) is 14.8 Å². The minimum Gasteiger partial charge on any atom is -0.394 e. The minimum atomic E-state index is -0.209. The first-order chi connectivity index (χ1) is 11.6. The average Bonchev–Trinajstić information content (AvgIpc) is 2.91. The van der Waals surface area contributed by atoms with E-state index in [0.717, 1.165) is 16.5 Å². The zero-order valence-corrected chi connectivity index (χ0v) is 14.4. The highest BCUT2D eigenvalue weighted by molar-refractivity contribution is 8.18. The molecule has 3 rings (SSSR count). The molecule has 24 heavy (non-hydrogen) atoms. The van der Waals surface area contributed by atoms with Crippen molar-refractivity contribution in [2.45, 2.75) is 19.9 Å². The van der Waals surface area contributed by atoms with E-state index in [4.69, 9.17) is 0 Å². The number of aliphatic hydroxyl groups is 1. The van der Waals surface area contributed by atoms with Gasteiger partial charge in [0.15, 0.2) is 5.17 Å². The second-order valence-electron chi connectivity index (χ2n) is 5.95. The SMILES string of the molecule is CC(C)[C@H](CO)N=C1NC(=O)/C(=C/c2ccc3ncccc3c2)S1. The molecule has 1 fully saturated rings. The molecule has 1 aliphatic rings. The van der Waals surface area contributed by atoms with Gasteiger partial charge in [-0.2, -0.15) is 0 Å². The van der Waals surface area contributed by atoms with Crippen LogP contribution >= 0.6 is 11.8 Å². The zero-order valence-electron chi connectivity index (χ0n) is 13.6. The molecule has 1 atom stereocenters. The maximum Gasteiger partial charge on any atom is 0.264 e. The molecule has 1 saturated heterocycles. The Kier molecular flexibility index (Phi) is 4.97. The van der Waals surface area contributed by atoms with Crippen molar-refractivity contribution in [3.8, 4) is 0 Å². The molecule has 1 aromatic heterocycles. The summed E-state index contributed by atoms with van der Waals surface area (Å²) in [6.45, 7) is 3.95. The van der Waals surface area contributed by atoms with Crippen molar-refractivity contribution in [1.29, 1.82) is 0 Å². The fraction of sp³-hybridized carbons (Fsp3) is 0.278. The lowest BCUT2D eigenvalue weighted by Gasteiger charge is -2.13. The molecule has 1 aliphatic heterocycles. The van der Waals surface area contributed by atoms with E-state index in [-0.39, 0.29) is 24.5 Å². The van der Waals surface area contributed by atoms with Crippen molar-refractivity contribution >= 4 is 39.8 Å². The Hall–Kier alpha value is -2.18. The molecule has 0 spiro atoms. The number of hydrogen-bond acceptors (Lipinski definition) is 5. The molecule has 0 unspecified atom stereocenters. The number of thioether (sulfide) groups is 1. The maximum atomic E-state index is 12.1. The number of aliphatic imine (C=N–C) groups is 1. The van der Waals surface area contributed by atoms with Crippen molar-refractivity contribution < 1.29 is 9.90 Å². The Morgan fingerprint density at radius 3 is 2.96 bits per heavy atom.